The van der Waals surface area contributed by atoms with Gasteiger partial charge >= 0.3 is 0 Å². The summed E-state index contributed by atoms with van der Waals surface area (Å²) < 4.78 is 23.5. The lowest BCUT2D eigenvalue weighted by molar-refractivity contribution is 0.0955. The van der Waals surface area contributed by atoms with Crippen molar-refractivity contribution in [1.82, 2.24) is 5.43 Å². The summed E-state index contributed by atoms with van der Waals surface area (Å²) in [5.74, 6) is 0.412. The van der Waals surface area contributed by atoms with E-state index < -0.39 is 11.7 Å². The number of nitrogens with one attached hydrogen (secondary N) is 1. The van der Waals surface area contributed by atoms with E-state index in [2.05, 4.69) is 10.5 Å². The zero-order valence-corrected chi connectivity index (χ0v) is 12.9. The zero-order valence-electron chi connectivity index (χ0n) is 12.9. The van der Waals surface area contributed by atoms with Crippen molar-refractivity contribution in [3.63, 3.8) is 0 Å². The summed E-state index contributed by atoms with van der Waals surface area (Å²) in [6.45, 7) is 2.39. The Morgan fingerprint density at radius 2 is 1.96 bits per heavy atom. The van der Waals surface area contributed by atoms with E-state index in [1.54, 1.807) is 25.3 Å². The zero-order chi connectivity index (χ0) is 16.7. The van der Waals surface area contributed by atoms with Crippen LogP contribution in [0.15, 0.2) is 47.6 Å². The van der Waals surface area contributed by atoms with Gasteiger partial charge in [-0.3, -0.25) is 4.79 Å². The van der Waals surface area contributed by atoms with Crippen LogP contribution in [0.3, 0.4) is 0 Å². The maximum Gasteiger partial charge on any atom is 0.271 e. The summed E-state index contributed by atoms with van der Waals surface area (Å²) in [6.07, 6.45) is 1.49. The van der Waals surface area contributed by atoms with E-state index in [9.17, 15) is 9.18 Å². The quantitative estimate of drug-likeness (QED) is 0.658. The van der Waals surface area contributed by atoms with Crippen molar-refractivity contribution in [2.75, 3.05) is 13.7 Å². The topological polar surface area (TPSA) is 59.9 Å². The van der Waals surface area contributed by atoms with Gasteiger partial charge in [-0.15, -0.1) is 0 Å². The molecular formula is C17H17FN2O3. The third-order valence-corrected chi connectivity index (χ3v) is 2.97. The van der Waals surface area contributed by atoms with Gasteiger partial charge in [-0.25, -0.2) is 9.82 Å². The minimum atomic E-state index is -0.417. The molecule has 5 nitrogen and oxygen atoms in total. The molecule has 0 bridgehead atoms. The number of benzene rings is 2. The van der Waals surface area contributed by atoms with E-state index in [4.69, 9.17) is 9.47 Å². The highest BCUT2D eigenvalue weighted by molar-refractivity contribution is 5.94. The van der Waals surface area contributed by atoms with Crippen LogP contribution < -0.4 is 14.9 Å². The molecule has 1 amide bonds. The van der Waals surface area contributed by atoms with Gasteiger partial charge in [0.15, 0.2) is 11.5 Å². The van der Waals surface area contributed by atoms with Gasteiger partial charge in [-0.1, -0.05) is 0 Å². The lowest BCUT2D eigenvalue weighted by Crippen LogP contribution is -2.17. The van der Waals surface area contributed by atoms with E-state index in [1.165, 1.54) is 30.5 Å². The molecule has 0 aliphatic rings. The van der Waals surface area contributed by atoms with E-state index >= 15 is 0 Å². The fourth-order valence-electron chi connectivity index (χ4n) is 1.87. The van der Waals surface area contributed by atoms with Crippen LogP contribution in [-0.2, 0) is 0 Å². The lowest BCUT2D eigenvalue weighted by Gasteiger charge is -2.09. The number of hydrogen-bond acceptors (Lipinski definition) is 4. The first-order chi connectivity index (χ1) is 11.1. The van der Waals surface area contributed by atoms with Crippen molar-refractivity contribution in [2.45, 2.75) is 6.92 Å². The molecule has 0 saturated carbocycles. The number of rotatable bonds is 6. The summed E-state index contributed by atoms with van der Waals surface area (Å²) in [6, 6.07) is 10.5. The number of amides is 1. The largest absolute Gasteiger partial charge is 0.493 e. The third-order valence-electron chi connectivity index (χ3n) is 2.97. The van der Waals surface area contributed by atoms with Gasteiger partial charge in [0.05, 0.1) is 19.9 Å². The summed E-state index contributed by atoms with van der Waals surface area (Å²) in [5, 5.41) is 3.88. The number of ether oxygens (including phenoxy) is 2. The number of carbonyl (C=O) groups is 1. The smallest absolute Gasteiger partial charge is 0.271 e. The first kappa shape index (κ1) is 16.5. The minimum Gasteiger partial charge on any atom is -0.493 e. The highest BCUT2D eigenvalue weighted by Crippen LogP contribution is 2.27. The summed E-state index contributed by atoms with van der Waals surface area (Å²) in [5.41, 5.74) is 3.45. The normalized spacial score (nSPS) is 10.6. The Kier molecular flexibility index (Phi) is 5.68. The average Bonchev–Trinajstić information content (AvgIpc) is 2.56. The molecule has 0 radical (unpaired) electrons. The molecule has 0 spiro atoms. The van der Waals surface area contributed by atoms with Crippen molar-refractivity contribution in [3.8, 4) is 11.5 Å². The number of hydrazone groups is 1. The molecule has 0 aliphatic carbocycles. The number of carbonyl (C=O) groups excluding carboxylic acids is 1. The second kappa shape index (κ2) is 7.93. The Bertz CT molecular complexity index is 699. The van der Waals surface area contributed by atoms with Gasteiger partial charge in [0.2, 0.25) is 0 Å². The summed E-state index contributed by atoms with van der Waals surface area (Å²) in [4.78, 5) is 11.8. The van der Waals surface area contributed by atoms with Crippen LogP contribution in [0, 0.1) is 5.82 Å². The fourth-order valence-corrected chi connectivity index (χ4v) is 1.87. The molecule has 120 valence electrons. The van der Waals surface area contributed by atoms with Crippen molar-refractivity contribution in [1.29, 1.82) is 0 Å². The Balaban J connectivity index is 2.03. The molecule has 0 saturated heterocycles. The lowest BCUT2D eigenvalue weighted by atomic mass is 10.2. The van der Waals surface area contributed by atoms with Crippen LogP contribution >= 0.6 is 0 Å². The van der Waals surface area contributed by atoms with Crippen LogP contribution in [-0.4, -0.2) is 25.8 Å². The standard InChI is InChI=1S/C17H17FN2O3/c1-3-23-16-10-12(4-9-15(16)22-2)11-19-20-17(21)13-5-7-14(18)8-6-13/h4-11H,3H2,1-2H3,(H,20,21)/b19-11+. The summed E-state index contributed by atoms with van der Waals surface area (Å²) in [7, 11) is 1.56. The third kappa shape index (κ3) is 4.54. The average molecular weight is 316 g/mol. The van der Waals surface area contributed by atoms with E-state index in [1.807, 2.05) is 6.92 Å². The molecule has 0 atom stereocenters. The molecule has 2 rings (SSSR count). The van der Waals surface area contributed by atoms with Crippen LogP contribution in [0.2, 0.25) is 0 Å². The number of methoxy groups -OCH3 is 1. The predicted molar refractivity (Wildman–Crippen MR) is 85.6 cm³/mol. The minimum absolute atomic E-state index is 0.327. The maximum absolute atomic E-state index is 12.8. The molecule has 0 unspecified atom stereocenters. The molecule has 6 heteroatoms. The van der Waals surface area contributed by atoms with E-state index in [0.717, 1.165) is 5.56 Å². The number of nitrogens with zero attached hydrogens (tertiary/aromatic N) is 1. The molecular weight excluding hydrogens is 299 g/mol. The monoisotopic (exact) mass is 316 g/mol. The fraction of sp³-hybridized carbons (Fsp3) is 0.176. The van der Waals surface area contributed by atoms with E-state index in [0.29, 0.717) is 23.7 Å². The molecule has 1 N–H and O–H groups in total. The van der Waals surface area contributed by atoms with Gasteiger partial charge < -0.3 is 9.47 Å². The van der Waals surface area contributed by atoms with Gasteiger partial charge in [-0.2, -0.15) is 5.10 Å². The van der Waals surface area contributed by atoms with Crippen LogP contribution in [0.5, 0.6) is 11.5 Å². The Hall–Kier alpha value is -2.89. The van der Waals surface area contributed by atoms with Gasteiger partial charge in [0.1, 0.15) is 5.82 Å². The van der Waals surface area contributed by atoms with Crippen molar-refractivity contribution >= 4 is 12.1 Å². The van der Waals surface area contributed by atoms with E-state index in [-0.39, 0.29) is 0 Å². The van der Waals surface area contributed by atoms with Gasteiger partial charge in [0.25, 0.3) is 5.91 Å². The molecule has 0 heterocycles. The maximum atomic E-state index is 12.8. The SMILES string of the molecule is CCOc1cc(/C=N/NC(=O)c2ccc(F)cc2)ccc1OC. The first-order valence-electron chi connectivity index (χ1n) is 7.04. The highest BCUT2D eigenvalue weighted by atomic mass is 19.1. The van der Waals surface area contributed by atoms with Crippen LogP contribution in [0.4, 0.5) is 4.39 Å². The highest BCUT2D eigenvalue weighted by Gasteiger charge is 2.05. The Labute approximate surface area is 133 Å². The molecule has 23 heavy (non-hydrogen) atoms. The molecule has 0 aliphatic heterocycles. The van der Waals surface area contributed by atoms with Crippen molar-refractivity contribution in [2.24, 2.45) is 5.10 Å². The number of halogens is 1. The first-order valence-corrected chi connectivity index (χ1v) is 7.04. The Morgan fingerprint density at radius 3 is 2.61 bits per heavy atom. The summed E-state index contributed by atoms with van der Waals surface area (Å²) >= 11 is 0. The second-order valence-electron chi connectivity index (χ2n) is 4.55. The van der Waals surface area contributed by atoms with Gasteiger partial charge in [0, 0.05) is 5.56 Å². The second-order valence-corrected chi connectivity index (χ2v) is 4.55. The molecule has 2 aromatic carbocycles. The van der Waals surface area contributed by atoms with Crippen molar-refractivity contribution < 1.29 is 18.7 Å². The molecule has 0 aromatic heterocycles. The molecule has 0 fully saturated rings. The van der Waals surface area contributed by atoms with Crippen LogP contribution in [0.25, 0.3) is 0 Å². The number of hydrogen-bond donors (Lipinski definition) is 1. The molecule has 2 aromatic rings. The Morgan fingerprint density at radius 1 is 1.22 bits per heavy atom. The van der Waals surface area contributed by atoms with Crippen molar-refractivity contribution in [3.05, 3.63) is 59.4 Å². The van der Waals surface area contributed by atoms with Crippen LogP contribution in [0.1, 0.15) is 22.8 Å². The predicted octanol–water partition coefficient (Wildman–Crippen LogP) is 3.00. The van der Waals surface area contributed by atoms with Gasteiger partial charge in [-0.05, 0) is 55.0 Å².